The van der Waals surface area contributed by atoms with Gasteiger partial charge in [0, 0.05) is 32.5 Å². The fourth-order valence-electron chi connectivity index (χ4n) is 5.43. The summed E-state index contributed by atoms with van der Waals surface area (Å²) < 4.78 is 24.6. The SMILES string of the molecule is [N-]=[N+]=NCC1O[C@H](O[C@@H]2C(N=[N+]=[N-])C[C@@H](N=[N+]=[N-])C3OC4(CCCCC4)O[C@H]32)C(N=[N+]=[N-])[C@@H](O)[C@@H]1O. The van der Waals surface area contributed by atoms with Crippen LogP contribution in [0, 0.1) is 0 Å². The van der Waals surface area contributed by atoms with Gasteiger partial charge in [0.25, 0.3) is 0 Å². The van der Waals surface area contributed by atoms with Gasteiger partial charge in [-0.05, 0) is 41.4 Å². The fraction of sp³-hybridized carbons (Fsp3) is 1.00. The molecule has 0 amide bonds. The Morgan fingerprint density at radius 1 is 0.833 bits per heavy atom. The average Bonchev–Trinajstić information content (AvgIpc) is 3.24. The normalized spacial score (nSPS) is 41.1. The van der Waals surface area contributed by atoms with E-state index in [9.17, 15) is 15.7 Å². The second kappa shape index (κ2) is 11.4. The third kappa shape index (κ3) is 5.09. The maximum absolute atomic E-state index is 10.6. The molecule has 2 heterocycles. The first kappa shape index (κ1) is 26.1. The van der Waals surface area contributed by atoms with Gasteiger partial charge in [0.1, 0.15) is 18.2 Å². The maximum Gasteiger partial charge on any atom is 0.169 e. The molecule has 0 bridgehead atoms. The molecule has 1 spiro atoms. The van der Waals surface area contributed by atoms with Crippen LogP contribution in [-0.4, -0.2) is 83.6 Å². The van der Waals surface area contributed by atoms with E-state index in [2.05, 4.69) is 40.1 Å². The van der Waals surface area contributed by atoms with Gasteiger partial charge in [-0.2, -0.15) is 0 Å². The Balaban J connectivity index is 1.66. The van der Waals surface area contributed by atoms with Gasteiger partial charge in [-0.1, -0.05) is 26.9 Å². The van der Waals surface area contributed by atoms with Crippen molar-refractivity contribution in [3.63, 3.8) is 0 Å². The average molecular weight is 506 g/mol. The van der Waals surface area contributed by atoms with Crippen LogP contribution < -0.4 is 0 Å². The molecule has 4 aliphatic rings. The van der Waals surface area contributed by atoms with E-state index in [-0.39, 0.29) is 13.0 Å². The molecule has 2 aliphatic carbocycles. The van der Waals surface area contributed by atoms with Gasteiger partial charge in [-0.15, -0.1) is 0 Å². The van der Waals surface area contributed by atoms with Gasteiger partial charge in [0.05, 0.1) is 43.0 Å². The van der Waals surface area contributed by atoms with E-state index in [1.165, 1.54) is 0 Å². The Labute approximate surface area is 203 Å². The number of ether oxygens (including phenoxy) is 4. The second-order valence-corrected chi connectivity index (χ2v) is 9.15. The lowest BCUT2D eigenvalue weighted by Gasteiger charge is -2.45. The highest BCUT2D eigenvalue weighted by Gasteiger charge is 2.58. The molecule has 0 aromatic heterocycles. The Hall–Kier alpha value is -3.00. The highest BCUT2D eigenvalue weighted by Crippen LogP contribution is 2.47. The van der Waals surface area contributed by atoms with Crippen molar-refractivity contribution in [2.75, 3.05) is 6.54 Å². The lowest BCUT2D eigenvalue weighted by Crippen LogP contribution is -2.62. The van der Waals surface area contributed by atoms with Crippen LogP contribution in [0.2, 0.25) is 0 Å². The molecule has 18 heteroatoms. The van der Waals surface area contributed by atoms with E-state index in [4.69, 9.17) is 35.5 Å². The van der Waals surface area contributed by atoms with Crippen LogP contribution in [0.5, 0.6) is 0 Å². The minimum atomic E-state index is -1.60. The lowest BCUT2D eigenvalue weighted by atomic mass is 9.84. The number of azide groups is 4. The molecule has 36 heavy (non-hydrogen) atoms. The van der Waals surface area contributed by atoms with E-state index in [1.54, 1.807) is 0 Å². The molecule has 0 aromatic carbocycles. The molecule has 0 aromatic rings. The van der Waals surface area contributed by atoms with E-state index >= 15 is 0 Å². The predicted molar refractivity (Wildman–Crippen MR) is 119 cm³/mol. The van der Waals surface area contributed by atoms with Crippen molar-refractivity contribution in [2.45, 2.75) is 105 Å². The number of aliphatic hydroxyl groups is 2. The van der Waals surface area contributed by atoms with E-state index < -0.39 is 66.8 Å². The summed E-state index contributed by atoms with van der Waals surface area (Å²) in [6.45, 7) is -0.324. The Morgan fingerprint density at radius 3 is 2.17 bits per heavy atom. The summed E-state index contributed by atoms with van der Waals surface area (Å²) in [7, 11) is 0. The molecule has 2 saturated carbocycles. The Kier molecular flexibility index (Phi) is 8.24. The monoisotopic (exact) mass is 506 g/mol. The zero-order valence-electron chi connectivity index (χ0n) is 19.1. The van der Waals surface area contributed by atoms with Gasteiger partial charge in [0.2, 0.25) is 0 Å². The number of aliphatic hydroxyl groups excluding tert-OH is 2. The summed E-state index contributed by atoms with van der Waals surface area (Å²) >= 11 is 0. The minimum absolute atomic E-state index is 0.0889. The van der Waals surface area contributed by atoms with Crippen LogP contribution in [-0.2, 0) is 18.9 Å². The van der Waals surface area contributed by atoms with Crippen LogP contribution in [0.15, 0.2) is 20.5 Å². The van der Waals surface area contributed by atoms with Gasteiger partial charge in [-0.25, -0.2) is 0 Å². The van der Waals surface area contributed by atoms with Gasteiger partial charge >= 0.3 is 0 Å². The Bertz CT molecular complexity index is 999. The summed E-state index contributed by atoms with van der Waals surface area (Å²) in [5.74, 6) is -0.902. The van der Waals surface area contributed by atoms with Crippen molar-refractivity contribution in [3.05, 3.63) is 41.8 Å². The number of rotatable bonds is 7. The lowest BCUT2D eigenvalue weighted by molar-refractivity contribution is -0.286. The molecule has 2 N–H and O–H groups in total. The first-order chi connectivity index (χ1) is 17.5. The van der Waals surface area contributed by atoms with Crippen molar-refractivity contribution >= 4 is 0 Å². The molecule has 0 radical (unpaired) electrons. The summed E-state index contributed by atoms with van der Waals surface area (Å²) in [5.41, 5.74) is 36.0. The number of hydrogen-bond donors (Lipinski definition) is 2. The maximum atomic E-state index is 10.6. The molecule has 4 rings (SSSR count). The van der Waals surface area contributed by atoms with E-state index in [0.29, 0.717) is 12.8 Å². The van der Waals surface area contributed by atoms with Crippen molar-refractivity contribution in [2.24, 2.45) is 20.5 Å². The van der Waals surface area contributed by atoms with Gasteiger partial charge in [0.15, 0.2) is 12.1 Å². The molecule has 4 unspecified atom stereocenters. The molecule has 2 saturated heterocycles. The van der Waals surface area contributed by atoms with Crippen LogP contribution >= 0.6 is 0 Å². The standard InChI is InChI=1S/C18H26N12O6/c19-27-23-7-10-12(31)13(32)11(26-30-22)17(33-10)34-14-8(24-28-20)6-9(25-29-21)15-16(14)36-18(35-15)4-2-1-3-5-18/h8-17,31-32H,1-7H2/t8?,9-,10?,11?,12-,13-,14-,15?,16+,17-/m1/s1. The minimum Gasteiger partial charge on any atom is -0.390 e. The zero-order chi connectivity index (χ0) is 25.7. The molecule has 4 fully saturated rings. The summed E-state index contributed by atoms with van der Waals surface area (Å²) in [4.78, 5) is 11.2. The number of nitrogens with zero attached hydrogens (tertiary/aromatic N) is 12. The quantitative estimate of drug-likeness (QED) is 0.297. The van der Waals surface area contributed by atoms with Crippen LogP contribution in [0.3, 0.4) is 0 Å². The van der Waals surface area contributed by atoms with Crippen LogP contribution in [0.25, 0.3) is 41.8 Å². The van der Waals surface area contributed by atoms with Crippen molar-refractivity contribution in [1.29, 1.82) is 0 Å². The highest BCUT2D eigenvalue weighted by molar-refractivity contribution is 5.07. The zero-order valence-corrected chi connectivity index (χ0v) is 19.1. The van der Waals surface area contributed by atoms with Crippen molar-refractivity contribution in [3.8, 4) is 0 Å². The van der Waals surface area contributed by atoms with E-state index in [0.717, 1.165) is 19.3 Å². The summed E-state index contributed by atoms with van der Waals surface area (Å²) in [6.07, 6.45) is -4.10. The number of fused-ring (bicyclic) bond motifs is 1. The van der Waals surface area contributed by atoms with Crippen molar-refractivity contribution in [1.82, 2.24) is 0 Å². The van der Waals surface area contributed by atoms with Crippen LogP contribution in [0.1, 0.15) is 38.5 Å². The molecule has 10 atom stereocenters. The fourth-order valence-corrected chi connectivity index (χ4v) is 5.43. The molecule has 2 aliphatic heterocycles. The number of hydrogen-bond acceptors (Lipinski definition) is 10. The third-order valence-electron chi connectivity index (χ3n) is 7.08. The van der Waals surface area contributed by atoms with E-state index in [1.807, 2.05) is 0 Å². The van der Waals surface area contributed by atoms with Gasteiger partial charge < -0.3 is 29.2 Å². The Morgan fingerprint density at radius 2 is 1.50 bits per heavy atom. The van der Waals surface area contributed by atoms with Gasteiger partial charge in [-0.3, -0.25) is 0 Å². The van der Waals surface area contributed by atoms with Crippen molar-refractivity contribution < 1.29 is 29.2 Å². The topological polar surface area (TPSA) is 272 Å². The molecule has 194 valence electrons. The van der Waals surface area contributed by atoms with Crippen LogP contribution in [0.4, 0.5) is 0 Å². The highest BCUT2D eigenvalue weighted by atomic mass is 16.8. The smallest absolute Gasteiger partial charge is 0.169 e. The first-order valence-corrected chi connectivity index (χ1v) is 11.6. The third-order valence-corrected chi connectivity index (χ3v) is 7.08. The molecular formula is C18H26N12O6. The molecule has 18 nitrogen and oxygen atoms in total. The summed E-state index contributed by atoms with van der Waals surface area (Å²) in [6, 6.07) is -2.95. The second-order valence-electron chi connectivity index (χ2n) is 9.15. The summed E-state index contributed by atoms with van der Waals surface area (Å²) in [5, 5.41) is 35.6. The molecular weight excluding hydrogens is 480 g/mol. The predicted octanol–water partition coefficient (Wildman–Crippen LogP) is 3.01. The largest absolute Gasteiger partial charge is 0.390 e. The first-order valence-electron chi connectivity index (χ1n) is 11.6.